The van der Waals surface area contributed by atoms with Crippen molar-refractivity contribution in [2.24, 2.45) is 10.7 Å². The van der Waals surface area contributed by atoms with Crippen LogP contribution in [0.15, 0.2) is 41.6 Å². The summed E-state index contributed by atoms with van der Waals surface area (Å²) < 4.78 is 11.1. The topological polar surface area (TPSA) is 68.9 Å². The van der Waals surface area contributed by atoms with Gasteiger partial charge in [-0.25, -0.2) is 4.99 Å². The maximum absolute atomic E-state index is 6.00. The summed E-state index contributed by atoms with van der Waals surface area (Å²) in [6, 6.07) is 8.20. The van der Waals surface area contributed by atoms with Crippen molar-refractivity contribution in [1.82, 2.24) is 5.32 Å². The molecule has 0 aliphatic carbocycles. The van der Waals surface area contributed by atoms with Crippen LogP contribution in [-0.2, 0) is 4.74 Å². The van der Waals surface area contributed by atoms with Gasteiger partial charge in [-0.15, -0.1) is 0 Å². The number of para-hydroxylation sites is 1. The first kappa shape index (κ1) is 13.8. The minimum Gasteiger partial charge on any atom is -0.496 e. The summed E-state index contributed by atoms with van der Waals surface area (Å²) in [4.78, 5) is 4.40. The van der Waals surface area contributed by atoms with Crippen molar-refractivity contribution < 1.29 is 9.47 Å². The molecular weight excluding hydrogens is 266 g/mol. The molecule has 3 N–H and O–H groups in total. The van der Waals surface area contributed by atoms with Gasteiger partial charge in [-0.3, -0.25) is 0 Å². The van der Waals surface area contributed by atoms with Gasteiger partial charge < -0.3 is 20.5 Å². The fourth-order valence-electron chi connectivity index (χ4n) is 2.64. The molecule has 1 aromatic carbocycles. The van der Waals surface area contributed by atoms with E-state index in [1.807, 2.05) is 24.3 Å². The highest BCUT2D eigenvalue weighted by Gasteiger charge is 2.21. The molecule has 21 heavy (non-hydrogen) atoms. The number of benzene rings is 1. The molecule has 1 aromatic rings. The van der Waals surface area contributed by atoms with Gasteiger partial charge in [0.05, 0.1) is 25.5 Å². The molecule has 0 bridgehead atoms. The fraction of sp³-hybridized carbons (Fsp3) is 0.438. The Morgan fingerprint density at radius 1 is 1.33 bits per heavy atom. The van der Waals surface area contributed by atoms with Crippen molar-refractivity contribution in [3.63, 3.8) is 0 Å². The Bertz CT molecular complexity index is 542. The van der Waals surface area contributed by atoms with E-state index in [0.29, 0.717) is 19.1 Å². The lowest BCUT2D eigenvalue weighted by atomic mass is 10.0. The highest BCUT2D eigenvalue weighted by Crippen LogP contribution is 2.31. The molecule has 0 amide bonds. The third kappa shape index (κ3) is 3.48. The standard InChI is InChI=1S/C16H21N3O2/c17-16(18-11-12-5-3-4-9-20-12)19-14-8-10-21-15-7-2-1-6-13(14)15/h1-2,4,6-7,9,12,14H,3,5,8,10-11H2,(H3,17,18,19). The molecule has 0 saturated carbocycles. The van der Waals surface area contributed by atoms with Gasteiger partial charge in [0.2, 0.25) is 0 Å². The van der Waals surface area contributed by atoms with Gasteiger partial charge in [0.1, 0.15) is 11.9 Å². The molecule has 0 radical (unpaired) electrons. The summed E-state index contributed by atoms with van der Waals surface area (Å²) in [6.45, 7) is 1.28. The summed E-state index contributed by atoms with van der Waals surface area (Å²) >= 11 is 0. The molecule has 0 fully saturated rings. The van der Waals surface area contributed by atoms with E-state index < -0.39 is 0 Å². The molecule has 5 nitrogen and oxygen atoms in total. The van der Waals surface area contributed by atoms with Gasteiger partial charge >= 0.3 is 0 Å². The normalized spacial score (nSPS) is 24.7. The van der Waals surface area contributed by atoms with Crippen LogP contribution in [0.3, 0.4) is 0 Å². The molecule has 2 aliphatic rings. The van der Waals surface area contributed by atoms with Crippen molar-refractivity contribution in [2.45, 2.75) is 31.4 Å². The highest BCUT2D eigenvalue weighted by molar-refractivity contribution is 5.78. The number of ether oxygens (including phenoxy) is 2. The lowest BCUT2D eigenvalue weighted by Gasteiger charge is -2.27. The molecule has 3 rings (SSSR count). The Morgan fingerprint density at radius 3 is 3.10 bits per heavy atom. The first-order chi connectivity index (χ1) is 10.3. The number of rotatable bonds is 3. The number of hydrogen-bond donors (Lipinski definition) is 2. The minimum atomic E-state index is 0.136. The first-order valence-corrected chi connectivity index (χ1v) is 7.41. The molecule has 0 saturated heterocycles. The zero-order valence-electron chi connectivity index (χ0n) is 12.0. The second kappa shape index (κ2) is 6.52. The van der Waals surface area contributed by atoms with Gasteiger partial charge in [0.25, 0.3) is 0 Å². The summed E-state index contributed by atoms with van der Waals surface area (Å²) in [7, 11) is 0. The van der Waals surface area contributed by atoms with Crippen molar-refractivity contribution >= 4 is 5.96 Å². The van der Waals surface area contributed by atoms with Crippen molar-refractivity contribution in [2.75, 3.05) is 13.2 Å². The van der Waals surface area contributed by atoms with Crippen LogP contribution in [-0.4, -0.2) is 25.2 Å². The van der Waals surface area contributed by atoms with E-state index in [1.165, 1.54) is 0 Å². The maximum Gasteiger partial charge on any atom is 0.189 e. The molecule has 2 atom stereocenters. The highest BCUT2D eigenvalue weighted by atomic mass is 16.5. The van der Waals surface area contributed by atoms with Crippen LogP contribution in [0.4, 0.5) is 0 Å². The largest absolute Gasteiger partial charge is 0.496 e. The number of fused-ring (bicyclic) bond motifs is 1. The van der Waals surface area contributed by atoms with E-state index >= 15 is 0 Å². The predicted octanol–water partition coefficient (Wildman–Crippen LogP) is 2.11. The van der Waals surface area contributed by atoms with Crippen LogP contribution >= 0.6 is 0 Å². The van der Waals surface area contributed by atoms with Crippen LogP contribution in [0, 0.1) is 0 Å². The minimum absolute atomic E-state index is 0.136. The Hall–Kier alpha value is -2.17. The molecule has 2 heterocycles. The van der Waals surface area contributed by atoms with Crippen LogP contribution in [0.1, 0.15) is 30.9 Å². The van der Waals surface area contributed by atoms with Crippen molar-refractivity contribution in [3.8, 4) is 5.75 Å². The molecular formula is C16H21N3O2. The number of hydrogen-bond acceptors (Lipinski definition) is 3. The summed E-state index contributed by atoms with van der Waals surface area (Å²) in [6.07, 6.45) is 6.84. The average Bonchev–Trinajstić information content (AvgIpc) is 2.54. The van der Waals surface area contributed by atoms with Gasteiger partial charge in [-0.05, 0) is 25.0 Å². The van der Waals surface area contributed by atoms with Gasteiger partial charge in [0.15, 0.2) is 5.96 Å². The van der Waals surface area contributed by atoms with E-state index in [4.69, 9.17) is 15.2 Å². The number of nitrogens with two attached hydrogens (primary N) is 1. The Morgan fingerprint density at radius 2 is 2.24 bits per heavy atom. The Labute approximate surface area is 124 Å². The molecule has 112 valence electrons. The van der Waals surface area contributed by atoms with Crippen LogP contribution in [0.2, 0.25) is 0 Å². The number of nitrogens with one attached hydrogen (secondary N) is 1. The number of allylic oxidation sites excluding steroid dienone is 1. The van der Waals surface area contributed by atoms with E-state index in [1.54, 1.807) is 6.26 Å². The second-order valence-electron chi connectivity index (χ2n) is 5.31. The third-order valence-electron chi connectivity index (χ3n) is 3.77. The number of aliphatic imine (C=N–C) groups is 1. The number of guanidine groups is 1. The van der Waals surface area contributed by atoms with E-state index in [0.717, 1.165) is 30.6 Å². The van der Waals surface area contributed by atoms with Crippen LogP contribution < -0.4 is 15.8 Å². The van der Waals surface area contributed by atoms with Crippen molar-refractivity contribution in [1.29, 1.82) is 0 Å². The zero-order chi connectivity index (χ0) is 14.5. The SMILES string of the molecule is NC(=NCC1CCC=CO1)NC1CCOc2ccccc21. The second-order valence-corrected chi connectivity index (χ2v) is 5.31. The monoisotopic (exact) mass is 287 g/mol. The quantitative estimate of drug-likeness (QED) is 0.660. The third-order valence-corrected chi connectivity index (χ3v) is 3.77. The van der Waals surface area contributed by atoms with Gasteiger partial charge in [0, 0.05) is 12.0 Å². The van der Waals surface area contributed by atoms with E-state index in [-0.39, 0.29) is 12.1 Å². The maximum atomic E-state index is 6.00. The molecule has 0 aromatic heterocycles. The average molecular weight is 287 g/mol. The van der Waals surface area contributed by atoms with Crippen LogP contribution in [0.5, 0.6) is 5.75 Å². The zero-order valence-corrected chi connectivity index (χ0v) is 12.0. The molecule has 2 aliphatic heterocycles. The number of nitrogens with zero attached hydrogens (tertiary/aromatic N) is 1. The smallest absolute Gasteiger partial charge is 0.189 e. The van der Waals surface area contributed by atoms with Gasteiger partial charge in [-0.2, -0.15) is 0 Å². The van der Waals surface area contributed by atoms with E-state index in [2.05, 4.69) is 16.4 Å². The summed E-state index contributed by atoms with van der Waals surface area (Å²) in [5, 5.41) is 3.29. The van der Waals surface area contributed by atoms with E-state index in [9.17, 15) is 0 Å². The predicted molar refractivity (Wildman–Crippen MR) is 82.2 cm³/mol. The first-order valence-electron chi connectivity index (χ1n) is 7.41. The summed E-state index contributed by atoms with van der Waals surface area (Å²) in [5.74, 6) is 1.39. The lowest BCUT2D eigenvalue weighted by molar-refractivity contribution is 0.131. The fourth-order valence-corrected chi connectivity index (χ4v) is 2.64. The van der Waals surface area contributed by atoms with Gasteiger partial charge in [-0.1, -0.05) is 18.2 Å². The lowest BCUT2D eigenvalue weighted by Crippen LogP contribution is -2.38. The summed E-state index contributed by atoms with van der Waals surface area (Å²) in [5.41, 5.74) is 7.14. The Kier molecular flexibility index (Phi) is 4.28. The Balaban J connectivity index is 1.60. The van der Waals surface area contributed by atoms with Crippen molar-refractivity contribution in [3.05, 3.63) is 42.2 Å². The molecule has 0 spiro atoms. The van der Waals surface area contributed by atoms with Crippen LogP contribution in [0.25, 0.3) is 0 Å². The molecule has 5 heteroatoms. The molecule has 2 unspecified atom stereocenters.